The molecule has 0 aliphatic heterocycles. The van der Waals surface area contributed by atoms with Crippen molar-refractivity contribution < 1.29 is 19.6 Å². The molecule has 7 nitrogen and oxygen atoms in total. The van der Waals surface area contributed by atoms with Gasteiger partial charge in [0.05, 0.1) is 15.6 Å². The highest BCUT2D eigenvalue weighted by atomic mass is 35.5. The highest BCUT2D eigenvalue weighted by molar-refractivity contribution is 6.32. The van der Waals surface area contributed by atoms with Gasteiger partial charge in [0.15, 0.2) is 6.61 Å². The van der Waals surface area contributed by atoms with E-state index < -0.39 is 17.5 Å². The SMILES string of the molecule is Cc1ccc(N=Cc2ccc(OCC(=O)O)c(Cl)c2)cc1[N+](=O)[O-]. The molecule has 0 radical (unpaired) electrons. The number of halogens is 1. The first-order valence-corrected chi connectivity index (χ1v) is 7.18. The van der Waals surface area contributed by atoms with Crippen molar-refractivity contribution in [2.24, 2.45) is 4.99 Å². The number of nitrogens with zero attached hydrogens (tertiary/aromatic N) is 2. The van der Waals surface area contributed by atoms with E-state index in [2.05, 4.69) is 4.99 Å². The molecule has 0 saturated carbocycles. The van der Waals surface area contributed by atoms with Crippen molar-refractivity contribution in [1.82, 2.24) is 0 Å². The standard InChI is InChI=1S/C16H13ClN2O5/c1-10-2-4-12(7-14(10)19(22)23)18-8-11-3-5-15(13(17)6-11)24-9-16(20)21/h2-8H,9H2,1H3,(H,20,21). The highest BCUT2D eigenvalue weighted by Crippen LogP contribution is 2.26. The normalized spacial score (nSPS) is 10.8. The summed E-state index contributed by atoms with van der Waals surface area (Å²) in [4.78, 5) is 25.1. The van der Waals surface area contributed by atoms with Gasteiger partial charge in [-0.05, 0) is 36.8 Å². The molecule has 0 atom stereocenters. The Morgan fingerprint density at radius 2 is 2.12 bits per heavy atom. The van der Waals surface area contributed by atoms with Gasteiger partial charge in [0.2, 0.25) is 0 Å². The molecule has 0 spiro atoms. The first-order chi connectivity index (χ1) is 11.4. The summed E-state index contributed by atoms with van der Waals surface area (Å²) in [6.45, 7) is 1.17. The Hall–Kier alpha value is -2.93. The predicted molar refractivity (Wildman–Crippen MR) is 89.7 cm³/mol. The second kappa shape index (κ2) is 7.56. The van der Waals surface area contributed by atoms with E-state index >= 15 is 0 Å². The zero-order valence-corrected chi connectivity index (χ0v) is 13.4. The van der Waals surface area contributed by atoms with Gasteiger partial charge < -0.3 is 9.84 Å². The van der Waals surface area contributed by atoms with Crippen LogP contribution in [0.15, 0.2) is 41.4 Å². The second-order valence-corrected chi connectivity index (χ2v) is 5.27. The number of aliphatic imine (C=N–C) groups is 1. The van der Waals surface area contributed by atoms with Crippen LogP contribution in [0.1, 0.15) is 11.1 Å². The van der Waals surface area contributed by atoms with Gasteiger partial charge in [-0.25, -0.2) is 4.79 Å². The Morgan fingerprint density at radius 1 is 1.38 bits per heavy atom. The number of carboxylic acid groups (broad SMARTS) is 1. The molecule has 8 heteroatoms. The summed E-state index contributed by atoms with van der Waals surface area (Å²) in [6.07, 6.45) is 1.50. The van der Waals surface area contributed by atoms with Gasteiger partial charge in [-0.3, -0.25) is 15.1 Å². The second-order valence-electron chi connectivity index (χ2n) is 4.86. The molecule has 124 valence electrons. The van der Waals surface area contributed by atoms with Crippen LogP contribution in [-0.4, -0.2) is 28.8 Å². The number of hydrogen-bond donors (Lipinski definition) is 1. The van der Waals surface area contributed by atoms with Crippen LogP contribution in [0.25, 0.3) is 0 Å². The minimum atomic E-state index is -1.10. The lowest BCUT2D eigenvalue weighted by atomic mass is 10.2. The van der Waals surface area contributed by atoms with Crippen LogP contribution in [0.3, 0.4) is 0 Å². The van der Waals surface area contributed by atoms with Crippen LogP contribution >= 0.6 is 11.6 Å². The number of rotatable bonds is 6. The van der Waals surface area contributed by atoms with E-state index in [-0.39, 0.29) is 16.5 Å². The minimum Gasteiger partial charge on any atom is -0.480 e. The number of carbonyl (C=O) groups is 1. The fourth-order valence-electron chi connectivity index (χ4n) is 1.88. The maximum absolute atomic E-state index is 10.9. The Morgan fingerprint density at radius 3 is 2.75 bits per heavy atom. The molecule has 0 bridgehead atoms. The van der Waals surface area contributed by atoms with Crippen molar-refractivity contribution in [2.75, 3.05) is 6.61 Å². The van der Waals surface area contributed by atoms with Gasteiger partial charge >= 0.3 is 5.97 Å². The molecular weight excluding hydrogens is 336 g/mol. The maximum Gasteiger partial charge on any atom is 0.341 e. The van der Waals surface area contributed by atoms with Crippen molar-refractivity contribution >= 4 is 35.2 Å². The van der Waals surface area contributed by atoms with Gasteiger partial charge in [0, 0.05) is 17.8 Å². The predicted octanol–water partition coefficient (Wildman–Crippen LogP) is 3.77. The van der Waals surface area contributed by atoms with E-state index in [9.17, 15) is 14.9 Å². The molecule has 0 aliphatic carbocycles. The molecular formula is C16H13ClN2O5. The number of hydrogen-bond acceptors (Lipinski definition) is 5. The fourth-order valence-corrected chi connectivity index (χ4v) is 2.12. The van der Waals surface area contributed by atoms with Crippen molar-refractivity contribution in [2.45, 2.75) is 6.92 Å². The lowest BCUT2D eigenvalue weighted by Gasteiger charge is -2.05. The molecule has 24 heavy (non-hydrogen) atoms. The average molecular weight is 349 g/mol. The van der Waals surface area contributed by atoms with Crippen molar-refractivity contribution in [3.8, 4) is 5.75 Å². The highest BCUT2D eigenvalue weighted by Gasteiger charge is 2.10. The summed E-state index contributed by atoms with van der Waals surface area (Å²) < 4.78 is 5.02. The van der Waals surface area contributed by atoms with E-state index in [1.165, 1.54) is 18.3 Å². The third-order valence-corrected chi connectivity index (χ3v) is 3.35. The molecule has 0 saturated heterocycles. The fraction of sp³-hybridized carbons (Fsp3) is 0.125. The zero-order valence-electron chi connectivity index (χ0n) is 12.6. The Balaban J connectivity index is 2.17. The number of carboxylic acids is 1. The number of aryl methyl sites for hydroxylation is 1. The third kappa shape index (κ3) is 4.53. The Labute approximate surface area is 142 Å². The van der Waals surface area contributed by atoms with Gasteiger partial charge in [-0.2, -0.15) is 0 Å². The first kappa shape index (κ1) is 17.4. The number of ether oxygens (including phenoxy) is 1. The molecule has 2 aromatic carbocycles. The van der Waals surface area contributed by atoms with E-state index in [1.807, 2.05) is 0 Å². The van der Waals surface area contributed by atoms with Crippen LogP contribution in [0.5, 0.6) is 5.75 Å². The summed E-state index contributed by atoms with van der Waals surface area (Å²) in [5.41, 5.74) is 1.64. The van der Waals surface area contributed by atoms with E-state index in [0.717, 1.165) is 0 Å². The van der Waals surface area contributed by atoms with Crippen molar-refractivity contribution in [3.63, 3.8) is 0 Å². The summed E-state index contributed by atoms with van der Waals surface area (Å²) in [6, 6.07) is 9.42. The smallest absolute Gasteiger partial charge is 0.341 e. The lowest BCUT2D eigenvalue weighted by molar-refractivity contribution is -0.385. The van der Waals surface area contributed by atoms with E-state index in [4.69, 9.17) is 21.4 Å². The number of benzene rings is 2. The summed E-state index contributed by atoms with van der Waals surface area (Å²) in [5.74, 6) is -0.847. The molecule has 0 aliphatic rings. The lowest BCUT2D eigenvalue weighted by Crippen LogP contribution is -2.09. The van der Waals surface area contributed by atoms with Gasteiger partial charge in [0.25, 0.3) is 5.69 Å². The first-order valence-electron chi connectivity index (χ1n) is 6.80. The van der Waals surface area contributed by atoms with Crippen LogP contribution in [0, 0.1) is 17.0 Å². The Bertz CT molecular complexity index is 820. The quantitative estimate of drug-likeness (QED) is 0.486. The maximum atomic E-state index is 10.9. The van der Waals surface area contributed by atoms with Crippen molar-refractivity contribution in [1.29, 1.82) is 0 Å². The molecule has 0 fully saturated rings. The minimum absolute atomic E-state index is 0.0000935. The number of aliphatic carboxylic acids is 1. The summed E-state index contributed by atoms with van der Waals surface area (Å²) in [7, 11) is 0. The number of nitro groups is 1. The van der Waals surface area contributed by atoms with Gasteiger partial charge in [-0.15, -0.1) is 0 Å². The van der Waals surface area contributed by atoms with Crippen LogP contribution < -0.4 is 4.74 Å². The average Bonchev–Trinajstić information content (AvgIpc) is 2.52. The van der Waals surface area contributed by atoms with E-state index in [1.54, 1.807) is 31.2 Å². The number of nitro benzene ring substituents is 1. The molecule has 0 amide bonds. The molecule has 0 heterocycles. The molecule has 0 aromatic heterocycles. The van der Waals surface area contributed by atoms with Crippen LogP contribution in [0.2, 0.25) is 5.02 Å². The monoisotopic (exact) mass is 348 g/mol. The van der Waals surface area contributed by atoms with Gasteiger partial charge in [0.1, 0.15) is 5.75 Å². The largest absolute Gasteiger partial charge is 0.480 e. The van der Waals surface area contributed by atoms with E-state index in [0.29, 0.717) is 16.8 Å². The molecule has 2 aromatic rings. The zero-order chi connectivity index (χ0) is 17.7. The third-order valence-electron chi connectivity index (χ3n) is 3.06. The Kier molecular flexibility index (Phi) is 5.49. The van der Waals surface area contributed by atoms with Crippen LogP contribution in [-0.2, 0) is 4.79 Å². The summed E-state index contributed by atoms with van der Waals surface area (Å²) >= 11 is 6.01. The molecule has 1 N–H and O–H groups in total. The van der Waals surface area contributed by atoms with Gasteiger partial charge in [-0.1, -0.05) is 17.7 Å². The molecule has 0 unspecified atom stereocenters. The van der Waals surface area contributed by atoms with Crippen LogP contribution in [0.4, 0.5) is 11.4 Å². The van der Waals surface area contributed by atoms with Crippen molar-refractivity contribution in [3.05, 3.63) is 62.7 Å². The summed E-state index contributed by atoms with van der Waals surface area (Å²) in [5, 5.41) is 19.7. The topological polar surface area (TPSA) is 102 Å². The molecule has 2 rings (SSSR count).